The number of hydrogen-bond acceptors (Lipinski definition) is 4. The summed E-state index contributed by atoms with van der Waals surface area (Å²) in [5.41, 5.74) is 1.65. The van der Waals surface area contributed by atoms with E-state index in [-0.39, 0.29) is 16.8 Å². The van der Waals surface area contributed by atoms with Crippen molar-refractivity contribution in [1.82, 2.24) is 5.32 Å². The summed E-state index contributed by atoms with van der Waals surface area (Å²) in [6.45, 7) is 6.23. The van der Waals surface area contributed by atoms with Crippen molar-refractivity contribution in [2.75, 3.05) is 18.0 Å². The molecule has 29 heavy (non-hydrogen) atoms. The number of benzene rings is 2. The molecule has 156 valence electrons. The van der Waals surface area contributed by atoms with Crippen LogP contribution in [0, 0.1) is 12.8 Å². The van der Waals surface area contributed by atoms with Crippen molar-refractivity contribution in [2.45, 2.75) is 44.6 Å². The van der Waals surface area contributed by atoms with Gasteiger partial charge in [0.05, 0.1) is 17.2 Å². The van der Waals surface area contributed by atoms with Gasteiger partial charge < -0.3 is 10.1 Å². The highest BCUT2D eigenvalue weighted by atomic mass is 32.2. The van der Waals surface area contributed by atoms with Crippen LogP contribution >= 0.6 is 0 Å². The summed E-state index contributed by atoms with van der Waals surface area (Å²) in [6.07, 6.45) is 2.25. The van der Waals surface area contributed by atoms with E-state index in [1.54, 1.807) is 30.3 Å². The standard InChI is InChI=1S/C22H28N2O4S/c1-5-28-19-11-9-18(10-12-19)24(4)29(26,27)20-13-6-15(2)21(14-20)22(25)23-16(3)17-7-8-17/h6,9-14,16-17H,5,7-8H2,1-4H3,(H,23,25)/t16-/m0/s1. The van der Waals surface area contributed by atoms with E-state index < -0.39 is 10.0 Å². The van der Waals surface area contributed by atoms with Crippen LogP contribution in [0.4, 0.5) is 5.69 Å². The molecule has 1 amide bonds. The molecule has 1 saturated carbocycles. The molecule has 3 rings (SSSR count). The predicted molar refractivity (Wildman–Crippen MR) is 114 cm³/mol. The first kappa shape index (κ1) is 21.2. The van der Waals surface area contributed by atoms with E-state index in [0.717, 1.165) is 18.4 Å². The van der Waals surface area contributed by atoms with Crippen molar-refractivity contribution in [3.63, 3.8) is 0 Å². The minimum absolute atomic E-state index is 0.0868. The molecule has 1 aliphatic carbocycles. The zero-order valence-corrected chi connectivity index (χ0v) is 18.1. The Morgan fingerprint density at radius 2 is 1.86 bits per heavy atom. The van der Waals surface area contributed by atoms with Gasteiger partial charge in [0, 0.05) is 18.7 Å². The quantitative estimate of drug-likeness (QED) is 0.711. The van der Waals surface area contributed by atoms with Gasteiger partial charge in [-0.1, -0.05) is 6.07 Å². The van der Waals surface area contributed by atoms with E-state index >= 15 is 0 Å². The third-order valence-electron chi connectivity index (χ3n) is 5.31. The first-order valence-electron chi connectivity index (χ1n) is 9.87. The molecule has 1 aliphatic rings. The van der Waals surface area contributed by atoms with Crippen molar-refractivity contribution in [2.24, 2.45) is 5.92 Å². The van der Waals surface area contributed by atoms with Gasteiger partial charge in [-0.05, 0) is 81.5 Å². The maximum atomic E-state index is 13.1. The summed E-state index contributed by atoms with van der Waals surface area (Å²) < 4.78 is 32.9. The monoisotopic (exact) mass is 416 g/mol. The lowest BCUT2D eigenvalue weighted by molar-refractivity contribution is 0.0935. The normalized spacial score (nSPS) is 14.9. The van der Waals surface area contributed by atoms with Gasteiger partial charge in [-0.2, -0.15) is 0 Å². The first-order valence-corrected chi connectivity index (χ1v) is 11.3. The minimum atomic E-state index is -3.81. The third-order valence-corrected chi connectivity index (χ3v) is 7.09. The summed E-state index contributed by atoms with van der Waals surface area (Å²) >= 11 is 0. The Kier molecular flexibility index (Phi) is 6.17. The van der Waals surface area contributed by atoms with E-state index in [9.17, 15) is 13.2 Å². The molecule has 0 aromatic heterocycles. The fourth-order valence-electron chi connectivity index (χ4n) is 3.22. The molecular weight excluding hydrogens is 388 g/mol. The van der Waals surface area contributed by atoms with Gasteiger partial charge >= 0.3 is 0 Å². The highest BCUT2D eigenvalue weighted by Crippen LogP contribution is 2.32. The van der Waals surface area contributed by atoms with Gasteiger partial charge in [-0.3, -0.25) is 9.10 Å². The summed E-state index contributed by atoms with van der Waals surface area (Å²) in [5.74, 6) is 0.973. The van der Waals surface area contributed by atoms with Crippen LogP contribution in [0.5, 0.6) is 5.75 Å². The molecule has 0 radical (unpaired) electrons. The second-order valence-electron chi connectivity index (χ2n) is 7.48. The summed E-state index contributed by atoms with van der Waals surface area (Å²) in [7, 11) is -2.31. The van der Waals surface area contributed by atoms with Crippen LogP contribution in [0.3, 0.4) is 0 Å². The topological polar surface area (TPSA) is 75.7 Å². The van der Waals surface area contributed by atoms with Crippen LogP contribution in [-0.2, 0) is 10.0 Å². The summed E-state index contributed by atoms with van der Waals surface area (Å²) in [6, 6.07) is 11.6. The number of ether oxygens (including phenoxy) is 1. The van der Waals surface area contributed by atoms with Crippen molar-refractivity contribution in [3.05, 3.63) is 53.6 Å². The Hall–Kier alpha value is -2.54. The number of aryl methyl sites for hydroxylation is 1. The minimum Gasteiger partial charge on any atom is -0.494 e. The molecule has 1 N–H and O–H groups in total. The Morgan fingerprint density at radius 3 is 2.45 bits per heavy atom. The predicted octanol–water partition coefficient (Wildman–Crippen LogP) is 3.75. The third kappa shape index (κ3) is 4.72. The molecule has 2 aromatic carbocycles. The molecule has 0 bridgehead atoms. The number of rotatable bonds is 8. The number of anilines is 1. The van der Waals surface area contributed by atoms with Crippen LogP contribution in [0.25, 0.3) is 0 Å². The molecule has 1 atom stereocenters. The van der Waals surface area contributed by atoms with Crippen LogP contribution < -0.4 is 14.4 Å². The van der Waals surface area contributed by atoms with E-state index in [0.29, 0.717) is 29.5 Å². The highest BCUT2D eigenvalue weighted by molar-refractivity contribution is 7.92. The second kappa shape index (κ2) is 8.45. The second-order valence-corrected chi connectivity index (χ2v) is 9.45. The van der Waals surface area contributed by atoms with E-state index in [4.69, 9.17) is 4.74 Å². The maximum Gasteiger partial charge on any atom is 0.264 e. The number of amides is 1. The molecule has 6 nitrogen and oxygen atoms in total. The van der Waals surface area contributed by atoms with E-state index in [1.807, 2.05) is 20.8 Å². The Morgan fingerprint density at radius 1 is 1.21 bits per heavy atom. The summed E-state index contributed by atoms with van der Waals surface area (Å²) in [5, 5.41) is 3.00. The Balaban J connectivity index is 1.84. The lowest BCUT2D eigenvalue weighted by Gasteiger charge is -2.21. The number of nitrogens with zero attached hydrogens (tertiary/aromatic N) is 1. The van der Waals surface area contributed by atoms with Crippen molar-refractivity contribution in [3.8, 4) is 5.75 Å². The van der Waals surface area contributed by atoms with Gasteiger partial charge in [-0.15, -0.1) is 0 Å². The van der Waals surface area contributed by atoms with Gasteiger partial charge in [0.15, 0.2) is 0 Å². The fraction of sp³-hybridized carbons (Fsp3) is 0.409. The van der Waals surface area contributed by atoms with Crippen LogP contribution in [0.1, 0.15) is 42.6 Å². The first-order chi connectivity index (χ1) is 13.7. The van der Waals surface area contributed by atoms with Crippen molar-refractivity contribution >= 4 is 21.6 Å². The number of carbonyl (C=O) groups excluding carboxylic acids is 1. The molecule has 0 spiro atoms. The smallest absolute Gasteiger partial charge is 0.264 e. The Bertz CT molecular complexity index is 982. The number of nitrogens with one attached hydrogen (secondary N) is 1. The highest BCUT2D eigenvalue weighted by Gasteiger charge is 2.30. The Labute approximate surface area is 172 Å². The number of carbonyl (C=O) groups is 1. The fourth-order valence-corrected chi connectivity index (χ4v) is 4.44. The maximum absolute atomic E-state index is 13.1. The average Bonchev–Trinajstić information content (AvgIpc) is 3.53. The van der Waals surface area contributed by atoms with Gasteiger partial charge in [0.1, 0.15) is 5.75 Å². The summed E-state index contributed by atoms with van der Waals surface area (Å²) in [4.78, 5) is 12.8. The number of sulfonamides is 1. The molecule has 0 heterocycles. The molecular formula is C22H28N2O4S. The van der Waals surface area contributed by atoms with E-state index in [2.05, 4.69) is 5.32 Å². The molecule has 7 heteroatoms. The van der Waals surface area contributed by atoms with Crippen molar-refractivity contribution in [1.29, 1.82) is 0 Å². The number of hydrogen-bond donors (Lipinski definition) is 1. The zero-order chi connectivity index (χ0) is 21.2. The largest absolute Gasteiger partial charge is 0.494 e. The van der Waals surface area contributed by atoms with Gasteiger partial charge in [0.2, 0.25) is 0 Å². The van der Waals surface area contributed by atoms with Gasteiger partial charge in [0.25, 0.3) is 15.9 Å². The van der Waals surface area contributed by atoms with Crippen molar-refractivity contribution < 1.29 is 17.9 Å². The molecule has 2 aromatic rings. The molecule has 1 fully saturated rings. The van der Waals surface area contributed by atoms with Crippen LogP contribution in [-0.4, -0.2) is 34.0 Å². The molecule has 0 saturated heterocycles. The zero-order valence-electron chi connectivity index (χ0n) is 17.3. The van der Waals surface area contributed by atoms with E-state index in [1.165, 1.54) is 23.5 Å². The van der Waals surface area contributed by atoms with Crippen LogP contribution in [0.15, 0.2) is 47.4 Å². The van der Waals surface area contributed by atoms with Gasteiger partial charge in [-0.25, -0.2) is 8.42 Å². The lowest BCUT2D eigenvalue weighted by Crippen LogP contribution is -2.34. The van der Waals surface area contributed by atoms with Crippen LogP contribution in [0.2, 0.25) is 0 Å². The molecule has 0 unspecified atom stereocenters. The lowest BCUT2D eigenvalue weighted by atomic mass is 10.1. The molecule has 0 aliphatic heterocycles. The average molecular weight is 417 g/mol. The SMILES string of the molecule is CCOc1ccc(N(C)S(=O)(=O)c2ccc(C)c(C(=O)N[C@@H](C)C3CC3)c2)cc1.